The monoisotopic (exact) mass is 236 g/mol. The third kappa shape index (κ3) is 9.64. The fourth-order valence-corrected chi connectivity index (χ4v) is 1.17. The van der Waals surface area contributed by atoms with E-state index in [1.165, 1.54) is 0 Å². The second-order valence-electron chi connectivity index (χ2n) is 4.04. The van der Waals surface area contributed by atoms with Gasteiger partial charge >= 0.3 is 0 Å². The van der Waals surface area contributed by atoms with E-state index < -0.39 is 0 Å². The van der Waals surface area contributed by atoms with Gasteiger partial charge < -0.3 is 9.47 Å². The van der Waals surface area contributed by atoms with Crippen LogP contribution in [0.1, 0.15) is 27.2 Å². The van der Waals surface area contributed by atoms with E-state index in [-0.39, 0.29) is 12.2 Å². The standard InChI is InChI=1S/C15H24O2/c1-6-8-10-15(9-7-2)17-14(5)11-12-16-13(3)4/h6-10,13-14H,1-2,11-12H2,3-5H3/b10-8-,15-9+. The Balaban J connectivity index is 4.08. The zero-order valence-electron chi connectivity index (χ0n) is 11.2. The molecule has 0 saturated heterocycles. The topological polar surface area (TPSA) is 18.5 Å². The van der Waals surface area contributed by atoms with Gasteiger partial charge in [-0.3, -0.25) is 0 Å². The number of hydrogen-bond acceptors (Lipinski definition) is 2. The molecule has 0 bridgehead atoms. The molecule has 0 rings (SSSR count). The van der Waals surface area contributed by atoms with Crippen LogP contribution in [0.5, 0.6) is 0 Å². The van der Waals surface area contributed by atoms with Gasteiger partial charge in [0.1, 0.15) is 5.76 Å². The van der Waals surface area contributed by atoms with Crippen molar-refractivity contribution >= 4 is 0 Å². The van der Waals surface area contributed by atoms with Gasteiger partial charge in [-0.05, 0) is 32.9 Å². The summed E-state index contributed by atoms with van der Waals surface area (Å²) in [7, 11) is 0. The lowest BCUT2D eigenvalue weighted by Crippen LogP contribution is -2.13. The number of hydrogen-bond donors (Lipinski definition) is 0. The number of ether oxygens (including phenoxy) is 2. The van der Waals surface area contributed by atoms with Crippen molar-refractivity contribution in [3.8, 4) is 0 Å². The summed E-state index contributed by atoms with van der Waals surface area (Å²) in [5.74, 6) is 0.789. The van der Waals surface area contributed by atoms with Crippen molar-refractivity contribution < 1.29 is 9.47 Å². The van der Waals surface area contributed by atoms with Crippen LogP contribution >= 0.6 is 0 Å². The Morgan fingerprint density at radius 2 is 1.88 bits per heavy atom. The van der Waals surface area contributed by atoms with Crippen LogP contribution in [0.25, 0.3) is 0 Å². The molecule has 0 aliphatic carbocycles. The first-order valence-electron chi connectivity index (χ1n) is 6.00. The Hall–Kier alpha value is -1.28. The minimum absolute atomic E-state index is 0.120. The molecular weight excluding hydrogens is 212 g/mol. The van der Waals surface area contributed by atoms with Crippen molar-refractivity contribution in [2.24, 2.45) is 0 Å². The van der Waals surface area contributed by atoms with Crippen LogP contribution in [0.3, 0.4) is 0 Å². The van der Waals surface area contributed by atoms with Gasteiger partial charge in [0.15, 0.2) is 0 Å². The molecule has 0 N–H and O–H groups in total. The predicted octanol–water partition coefficient (Wildman–Crippen LogP) is 4.02. The Labute approximate surface area is 105 Å². The maximum absolute atomic E-state index is 5.75. The second-order valence-corrected chi connectivity index (χ2v) is 4.04. The van der Waals surface area contributed by atoms with Gasteiger partial charge in [-0.15, -0.1) is 0 Å². The van der Waals surface area contributed by atoms with Gasteiger partial charge in [0.25, 0.3) is 0 Å². The van der Waals surface area contributed by atoms with Crippen LogP contribution in [-0.4, -0.2) is 18.8 Å². The van der Waals surface area contributed by atoms with Crippen molar-refractivity contribution in [3.63, 3.8) is 0 Å². The number of allylic oxidation sites excluding steroid dienone is 5. The molecule has 0 aliphatic rings. The highest BCUT2D eigenvalue weighted by Crippen LogP contribution is 2.08. The third-order valence-corrected chi connectivity index (χ3v) is 1.99. The molecule has 0 aromatic carbocycles. The Kier molecular flexibility index (Phi) is 9.17. The summed E-state index contributed by atoms with van der Waals surface area (Å²) >= 11 is 0. The van der Waals surface area contributed by atoms with Gasteiger partial charge in [-0.25, -0.2) is 0 Å². The minimum Gasteiger partial charge on any atom is -0.491 e. The summed E-state index contributed by atoms with van der Waals surface area (Å²) in [6.07, 6.45) is 10.2. The first-order valence-corrected chi connectivity index (χ1v) is 6.00. The smallest absolute Gasteiger partial charge is 0.119 e. The molecule has 0 radical (unpaired) electrons. The predicted molar refractivity (Wildman–Crippen MR) is 73.9 cm³/mol. The summed E-state index contributed by atoms with van der Waals surface area (Å²) in [4.78, 5) is 0. The first kappa shape index (κ1) is 15.7. The van der Waals surface area contributed by atoms with Gasteiger partial charge in [0.05, 0.1) is 18.8 Å². The fourth-order valence-electron chi connectivity index (χ4n) is 1.17. The molecule has 0 amide bonds. The van der Waals surface area contributed by atoms with E-state index in [0.717, 1.165) is 12.2 Å². The van der Waals surface area contributed by atoms with Gasteiger partial charge in [0.2, 0.25) is 0 Å². The molecule has 17 heavy (non-hydrogen) atoms. The summed E-state index contributed by atoms with van der Waals surface area (Å²) in [6, 6.07) is 0. The Morgan fingerprint density at radius 3 is 2.41 bits per heavy atom. The maximum atomic E-state index is 5.75. The van der Waals surface area contributed by atoms with Crippen LogP contribution in [0.2, 0.25) is 0 Å². The van der Waals surface area contributed by atoms with Crippen LogP contribution < -0.4 is 0 Å². The lowest BCUT2D eigenvalue weighted by Gasteiger charge is -2.16. The molecule has 2 heteroatoms. The fraction of sp³-hybridized carbons (Fsp3) is 0.467. The maximum Gasteiger partial charge on any atom is 0.119 e. The lowest BCUT2D eigenvalue weighted by atomic mass is 10.3. The average molecular weight is 236 g/mol. The largest absolute Gasteiger partial charge is 0.491 e. The van der Waals surface area contributed by atoms with Crippen LogP contribution in [0.4, 0.5) is 0 Å². The van der Waals surface area contributed by atoms with Gasteiger partial charge in [0, 0.05) is 6.42 Å². The van der Waals surface area contributed by atoms with E-state index in [0.29, 0.717) is 6.61 Å². The zero-order chi connectivity index (χ0) is 13.1. The SMILES string of the molecule is C=C/C=C\C(=C/C=C)OC(C)CCOC(C)C. The molecule has 0 fully saturated rings. The van der Waals surface area contributed by atoms with E-state index >= 15 is 0 Å². The van der Waals surface area contributed by atoms with Crippen LogP contribution in [0.15, 0.2) is 49.3 Å². The van der Waals surface area contributed by atoms with E-state index in [1.54, 1.807) is 12.2 Å². The van der Waals surface area contributed by atoms with Gasteiger partial charge in [-0.1, -0.05) is 31.4 Å². The van der Waals surface area contributed by atoms with E-state index in [4.69, 9.17) is 9.47 Å². The summed E-state index contributed by atoms with van der Waals surface area (Å²) in [6.45, 7) is 14.1. The molecule has 1 unspecified atom stereocenters. The van der Waals surface area contributed by atoms with Crippen molar-refractivity contribution in [3.05, 3.63) is 49.3 Å². The third-order valence-electron chi connectivity index (χ3n) is 1.99. The second kappa shape index (κ2) is 9.91. The zero-order valence-corrected chi connectivity index (χ0v) is 11.2. The van der Waals surface area contributed by atoms with Crippen molar-refractivity contribution in [2.45, 2.75) is 39.4 Å². The Morgan fingerprint density at radius 1 is 1.18 bits per heavy atom. The van der Waals surface area contributed by atoms with Crippen molar-refractivity contribution in [1.29, 1.82) is 0 Å². The molecular formula is C15H24O2. The molecule has 0 aromatic rings. The molecule has 1 atom stereocenters. The quantitative estimate of drug-likeness (QED) is 0.444. The van der Waals surface area contributed by atoms with Crippen LogP contribution in [-0.2, 0) is 9.47 Å². The highest BCUT2D eigenvalue weighted by Gasteiger charge is 2.04. The molecule has 0 aliphatic heterocycles. The average Bonchev–Trinajstić information content (AvgIpc) is 2.25. The highest BCUT2D eigenvalue weighted by molar-refractivity contribution is 5.20. The first-order chi connectivity index (χ1) is 8.10. The van der Waals surface area contributed by atoms with Crippen molar-refractivity contribution in [1.82, 2.24) is 0 Å². The molecule has 0 spiro atoms. The van der Waals surface area contributed by atoms with Crippen molar-refractivity contribution in [2.75, 3.05) is 6.61 Å². The molecule has 0 aromatic heterocycles. The molecule has 0 heterocycles. The molecule has 2 nitrogen and oxygen atoms in total. The van der Waals surface area contributed by atoms with E-state index in [1.807, 2.05) is 39.0 Å². The summed E-state index contributed by atoms with van der Waals surface area (Å²) < 4.78 is 11.2. The Bertz CT molecular complexity index is 275. The van der Waals surface area contributed by atoms with Gasteiger partial charge in [-0.2, -0.15) is 0 Å². The minimum atomic E-state index is 0.120. The normalized spacial score (nSPS) is 14.0. The van der Waals surface area contributed by atoms with Crippen LogP contribution in [0, 0.1) is 0 Å². The van der Waals surface area contributed by atoms with E-state index in [2.05, 4.69) is 13.2 Å². The van der Waals surface area contributed by atoms with E-state index in [9.17, 15) is 0 Å². The highest BCUT2D eigenvalue weighted by atomic mass is 16.5. The summed E-state index contributed by atoms with van der Waals surface area (Å²) in [5, 5.41) is 0. The summed E-state index contributed by atoms with van der Waals surface area (Å²) in [5.41, 5.74) is 0. The number of rotatable bonds is 9. The molecule has 0 saturated carbocycles. The molecule has 96 valence electrons. The lowest BCUT2D eigenvalue weighted by molar-refractivity contribution is 0.0424.